The van der Waals surface area contributed by atoms with Crippen molar-refractivity contribution in [2.24, 2.45) is 5.92 Å². The molecule has 7 nitrogen and oxygen atoms in total. The number of benzene rings is 1. The summed E-state index contributed by atoms with van der Waals surface area (Å²) in [6.07, 6.45) is 1.65. The van der Waals surface area contributed by atoms with E-state index < -0.39 is 24.0 Å². The second-order valence-corrected chi connectivity index (χ2v) is 5.79. The maximum atomic E-state index is 12.8. The molecule has 1 aliphatic heterocycles. The normalized spacial score (nSPS) is 21.7. The summed E-state index contributed by atoms with van der Waals surface area (Å²) in [5.74, 6) is -1.79. The maximum absolute atomic E-state index is 12.8. The van der Waals surface area contributed by atoms with E-state index in [0.29, 0.717) is 5.56 Å². The molecule has 1 aliphatic carbocycles. The van der Waals surface area contributed by atoms with Gasteiger partial charge in [0.1, 0.15) is 12.8 Å². The quantitative estimate of drug-likeness (QED) is 0.825. The van der Waals surface area contributed by atoms with Crippen LogP contribution in [0, 0.1) is 5.92 Å². The molecule has 2 unspecified atom stereocenters. The molecular formula is C16H18N2O5. The van der Waals surface area contributed by atoms with Crippen molar-refractivity contribution in [3.05, 3.63) is 35.9 Å². The van der Waals surface area contributed by atoms with Gasteiger partial charge in [0.2, 0.25) is 5.91 Å². The molecule has 3 rings (SSSR count). The molecule has 1 heterocycles. The molecule has 7 heteroatoms. The van der Waals surface area contributed by atoms with Crippen molar-refractivity contribution in [2.45, 2.75) is 24.9 Å². The van der Waals surface area contributed by atoms with Crippen molar-refractivity contribution in [2.75, 3.05) is 13.3 Å². The van der Waals surface area contributed by atoms with Gasteiger partial charge in [0.25, 0.3) is 5.91 Å². The monoisotopic (exact) mass is 318 g/mol. The van der Waals surface area contributed by atoms with E-state index in [9.17, 15) is 19.5 Å². The predicted octanol–water partition coefficient (Wildman–Crippen LogP) is 0.523. The Balaban J connectivity index is 1.83. The Hall–Kier alpha value is -2.41. The summed E-state index contributed by atoms with van der Waals surface area (Å²) < 4.78 is 5.11. The first-order valence-corrected chi connectivity index (χ1v) is 7.54. The molecule has 0 bridgehead atoms. The van der Waals surface area contributed by atoms with E-state index in [1.54, 1.807) is 24.3 Å². The molecule has 2 N–H and O–H groups in total. The number of carbonyl (C=O) groups excluding carboxylic acids is 2. The molecule has 122 valence electrons. The van der Waals surface area contributed by atoms with E-state index >= 15 is 0 Å². The first kappa shape index (κ1) is 15.5. The van der Waals surface area contributed by atoms with Gasteiger partial charge in [-0.25, -0.2) is 4.79 Å². The smallest absolute Gasteiger partial charge is 0.328 e. The molecule has 1 aromatic rings. The molecule has 0 spiro atoms. The summed E-state index contributed by atoms with van der Waals surface area (Å²) in [7, 11) is 0. The van der Waals surface area contributed by atoms with E-state index in [1.165, 1.54) is 0 Å². The largest absolute Gasteiger partial charge is 0.480 e. The molecule has 23 heavy (non-hydrogen) atoms. The van der Waals surface area contributed by atoms with E-state index in [0.717, 1.165) is 17.7 Å². The highest BCUT2D eigenvalue weighted by atomic mass is 16.5. The second-order valence-electron chi connectivity index (χ2n) is 5.79. The van der Waals surface area contributed by atoms with Gasteiger partial charge in [-0.15, -0.1) is 0 Å². The lowest BCUT2D eigenvalue weighted by atomic mass is 10.0. The number of amides is 2. The number of nitrogens with one attached hydrogen (secondary N) is 1. The summed E-state index contributed by atoms with van der Waals surface area (Å²) in [4.78, 5) is 37.3. The standard InChI is InChI=1S/C16H18N2O5/c19-14(11-6-7-11)17-13(10-4-2-1-3-5-10)15(20)18-9-23-8-12(18)16(21)22/h1-5,11-13H,6-9H2,(H,17,19)(H,21,22). The van der Waals surface area contributed by atoms with Crippen LogP contribution in [-0.2, 0) is 19.1 Å². The van der Waals surface area contributed by atoms with Crippen molar-refractivity contribution in [3.63, 3.8) is 0 Å². The van der Waals surface area contributed by atoms with Crippen LogP contribution in [0.25, 0.3) is 0 Å². The summed E-state index contributed by atoms with van der Waals surface area (Å²) in [5.41, 5.74) is 0.627. The minimum Gasteiger partial charge on any atom is -0.480 e. The Kier molecular flexibility index (Phi) is 4.29. The summed E-state index contributed by atoms with van der Waals surface area (Å²) in [6.45, 7) is -0.127. The highest BCUT2D eigenvalue weighted by molar-refractivity contribution is 5.92. The third kappa shape index (κ3) is 3.34. The van der Waals surface area contributed by atoms with Crippen molar-refractivity contribution in [1.82, 2.24) is 10.2 Å². The number of nitrogens with zero attached hydrogens (tertiary/aromatic N) is 1. The average molecular weight is 318 g/mol. The minimum absolute atomic E-state index is 0.0425. The fourth-order valence-corrected chi connectivity index (χ4v) is 2.57. The molecule has 1 saturated heterocycles. The van der Waals surface area contributed by atoms with E-state index in [1.807, 2.05) is 6.07 Å². The lowest BCUT2D eigenvalue weighted by Crippen LogP contribution is -2.48. The molecule has 1 saturated carbocycles. The fraction of sp³-hybridized carbons (Fsp3) is 0.438. The predicted molar refractivity (Wildman–Crippen MR) is 79.1 cm³/mol. The zero-order chi connectivity index (χ0) is 16.4. The minimum atomic E-state index is -1.11. The lowest BCUT2D eigenvalue weighted by Gasteiger charge is -2.26. The third-order valence-electron chi connectivity index (χ3n) is 4.07. The Morgan fingerprint density at radius 3 is 2.52 bits per heavy atom. The zero-order valence-electron chi connectivity index (χ0n) is 12.5. The van der Waals surface area contributed by atoms with Crippen molar-refractivity contribution in [3.8, 4) is 0 Å². The van der Waals surface area contributed by atoms with Crippen LogP contribution < -0.4 is 5.32 Å². The summed E-state index contributed by atoms with van der Waals surface area (Å²) in [6, 6.07) is 6.92. The van der Waals surface area contributed by atoms with Crippen LogP contribution in [-0.4, -0.2) is 47.2 Å². The Labute approximate surface area is 133 Å². The molecule has 2 aliphatic rings. The first-order chi connectivity index (χ1) is 11.1. The number of carboxylic acid groups (broad SMARTS) is 1. The molecule has 0 aromatic heterocycles. The summed E-state index contributed by atoms with van der Waals surface area (Å²) in [5, 5.41) is 12.0. The number of carboxylic acids is 1. The van der Waals surface area contributed by atoms with Crippen molar-refractivity contribution in [1.29, 1.82) is 0 Å². The number of hydrogen-bond acceptors (Lipinski definition) is 4. The van der Waals surface area contributed by atoms with Crippen LogP contribution in [0.2, 0.25) is 0 Å². The molecule has 2 fully saturated rings. The van der Waals surface area contributed by atoms with Crippen LogP contribution in [0.1, 0.15) is 24.4 Å². The zero-order valence-corrected chi connectivity index (χ0v) is 12.5. The number of hydrogen-bond donors (Lipinski definition) is 2. The SMILES string of the molecule is O=C(NC(C(=O)N1COCC1C(=O)O)c1ccccc1)C1CC1. The van der Waals surface area contributed by atoms with Gasteiger partial charge in [0.05, 0.1) is 6.61 Å². The third-order valence-corrected chi connectivity index (χ3v) is 4.07. The van der Waals surface area contributed by atoms with Crippen LogP contribution in [0.3, 0.4) is 0 Å². The highest BCUT2D eigenvalue weighted by Gasteiger charge is 2.40. The van der Waals surface area contributed by atoms with Gasteiger partial charge in [0, 0.05) is 5.92 Å². The maximum Gasteiger partial charge on any atom is 0.328 e. The summed E-state index contributed by atoms with van der Waals surface area (Å²) >= 11 is 0. The van der Waals surface area contributed by atoms with Gasteiger partial charge in [-0.3, -0.25) is 9.59 Å². The molecular weight excluding hydrogens is 300 g/mol. The van der Waals surface area contributed by atoms with Gasteiger partial charge in [-0.1, -0.05) is 30.3 Å². The van der Waals surface area contributed by atoms with Gasteiger partial charge in [-0.05, 0) is 18.4 Å². The van der Waals surface area contributed by atoms with Crippen molar-refractivity contribution >= 4 is 17.8 Å². The van der Waals surface area contributed by atoms with E-state index in [-0.39, 0.29) is 25.2 Å². The average Bonchev–Trinajstić information content (AvgIpc) is 3.29. The van der Waals surface area contributed by atoms with Crippen molar-refractivity contribution < 1.29 is 24.2 Å². The van der Waals surface area contributed by atoms with Crippen LogP contribution in [0.5, 0.6) is 0 Å². The number of rotatable bonds is 5. The Bertz CT molecular complexity index is 614. The number of aliphatic carboxylic acids is 1. The number of ether oxygens (including phenoxy) is 1. The molecule has 0 radical (unpaired) electrons. The van der Waals surface area contributed by atoms with Gasteiger partial charge >= 0.3 is 5.97 Å². The van der Waals surface area contributed by atoms with Gasteiger partial charge in [0.15, 0.2) is 6.04 Å². The van der Waals surface area contributed by atoms with Crippen LogP contribution >= 0.6 is 0 Å². The van der Waals surface area contributed by atoms with Crippen LogP contribution in [0.4, 0.5) is 0 Å². The highest BCUT2D eigenvalue weighted by Crippen LogP contribution is 2.30. The Morgan fingerprint density at radius 1 is 1.22 bits per heavy atom. The topological polar surface area (TPSA) is 95.9 Å². The molecule has 2 atom stereocenters. The van der Waals surface area contributed by atoms with Gasteiger partial charge in [-0.2, -0.15) is 0 Å². The fourth-order valence-electron chi connectivity index (χ4n) is 2.57. The molecule has 2 amide bonds. The van der Waals surface area contributed by atoms with E-state index in [2.05, 4.69) is 5.32 Å². The lowest BCUT2D eigenvalue weighted by molar-refractivity contribution is -0.149. The second kappa shape index (κ2) is 6.37. The number of carbonyl (C=O) groups is 3. The van der Waals surface area contributed by atoms with Gasteiger partial charge < -0.3 is 20.1 Å². The first-order valence-electron chi connectivity index (χ1n) is 7.54. The van der Waals surface area contributed by atoms with Crippen LogP contribution in [0.15, 0.2) is 30.3 Å². The van der Waals surface area contributed by atoms with E-state index in [4.69, 9.17) is 4.74 Å². The Morgan fingerprint density at radius 2 is 1.91 bits per heavy atom. The molecule has 1 aromatic carbocycles.